The van der Waals surface area contributed by atoms with Crippen LogP contribution in [0.3, 0.4) is 0 Å². The first-order valence-electron chi connectivity index (χ1n) is 8.74. The van der Waals surface area contributed by atoms with Crippen molar-refractivity contribution in [2.45, 2.75) is 52.1 Å². The van der Waals surface area contributed by atoms with E-state index in [1.165, 1.54) is 6.42 Å². The Balaban J connectivity index is 1.88. The molecule has 2 unspecified atom stereocenters. The molecular weight excluding hydrogens is 290 g/mol. The van der Waals surface area contributed by atoms with E-state index in [9.17, 15) is 4.79 Å². The van der Waals surface area contributed by atoms with Crippen molar-refractivity contribution in [3.63, 3.8) is 0 Å². The van der Waals surface area contributed by atoms with Gasteiger partial charge in [0.1, 0.15) is 17.6 Å². The number of carbonyl (C=O) groups excluding carboxylic acids is 1. The quantitative estimate of drug-likeness (QED) is 0.589. The molecule has 1 aromatic carbocycles. The third kappa shape index (κ3) is 5.87. The van der Waals surface area contributed by atoms with Gasteiger partial charge in [-0.05, 0) is 57.1 Å². The normalized spacial score (nSPS) is 22.4. The molecule has 0 amide bonds. The van der Waals surface area contributed by atoms with Crippen LogP contribution >= 0.6 is 0 Å². The highest BCUT2D eigenvalue weighted by Gasteiger charge is 2.23. The summed E-state index contributed by atoms with van der Waals surface area (Å²) in [4.78, 5) is 14.0. The highest BCUT2D eigenvalue weighted by molar-refractivity contribution is 5.72. The number of unbranched alkanes of at least 4 members (excludes halogenated alkanes) is 1. The molecule has 1 heterocycles. The molecule has 0 bridgehead atoms. The van der Waals surface area contributed by atoms with Crippen LogP contribution in [-0.4, -0.2) is 37.1 Å². The lowest BCUT2D eigenvalue weighted by atomic mass is 10.0. The standard InChI is InChI=1S/C19H29NO3/c1-4-5-8-19(21)23-17-11-9-16(10-12-17)22-18-7-6-13-20(3)14-15(18)2/h9-12,15,18H,4-8,13-14H2,1-3H3. The van der Waals surface area contributed by atoms with Crippen molar-refractivity contribution in [3.8, 4) is 11.5 Å². The summed E-state index contributed by atoms with van der Waals surface area (Å²) < 4.78 is 11.5. The van der Waals surface area contributed by atoms with E-state index in [-0.39, 0.29) is 12.1 Å². The van der Waals surface area contributed by atoms with Crippen LogP contribution in [0.15, 0.2) is 24.3 Å². The zero-order valence-corrected chi connectivity index (χ0v) is 14.6. The zero-order chi connectivity index (χ0) is 16.7. The van der Waals surface area contributed by atoms with Crippen molar-refractivity contribution in [3.05, 3.63) is 24.3 Å². The minimum Gasteiger partial charge on any atom is -0.490 e. The number of hydrogen-bond donors (Lipinski definition) is 0. The van der Waals surface area contributed by atoms with E-state index in [4.69, 9.17) is 9.47 Å². The maximum absolute atomic E-state index is 11.6. The van der Waals surface area contributed by atoms with Crippen LogP contribution in [0.1, 0.15) is 46.0 Å². The van der Waals surface area contributed by atoms with Crippen LogP contribution in [0, 0.1) is 5.92 Å². The number of nitrogens with zero attached hydrogens (tertiary/aromatic N) is 1. The van der Waals surface area contributed by atoms with Gasteiger partial charge < -0.3 is 14.4 Å². The predicted molar refractivity (Wildman–Crippen MR) is 91.9 cm³/mol. The Labute approximate surface area is 139 Å². The van der Waals surface area contributed by atoms with Gasteiger partial charge in [-0.2, -0.15) is 0 Å². The first kappa shape index (κ1) is 17.8. The lowest BCUT2D eigenvalue weighted by Crippen LogP contribution is -2.30. The average Bonchev–Trinajstić information content (AvgIpc) is 2.68. The van der Waals surface area contributed by atoms with Crippen molar-refractivity contribution < 1.29 is 14.3 Å². The third-order valence-corrected chi connectivity index (χ3v) is 4.34. The Bertz CT molecular complexity index is 486. The lowest BCUT2D eigenvalue weighted by molar-refractivity contribution is -0.134. The first-order valence-corrected chi connectivity index (χ1v) is 8.74. The largest absolute Gasteiger partial charge is 0.490 e. The highest BCUT2D eigenvalue weighted by atomic mass is 16.5. The van der Waals surface area contributed by atoms with E-state index >= 15 is 0 Å². The van der Waals surface area contributed by atoms with E-state index in [1.54, 1.807) is 0 Å². The number of esters is 1. The molecule has 1 fully saturated rings. The molecule has 4 heteroatoms. The Hall–Kier alpha value is -1.55. The molecule has 0 N–H and O–H groups in total. The van der Waals surface area contributed by atoms with Crippen molar-refractivity contribution in [1.29, 1.82) is 0 Å². The molecule has 1 aromatic rings. The predicted octanol–water partition coefficient (Wildman–Crippen LogP) is 3.89. The molecular formula is C19H29NO3. The molecule has 2 rings (SSSR count). The molecule has 128 valence electrons. The molecule has 1 aliphatic rings. The Morgan fingerprint density at radius 2 is 1.96 bits per heavy atom. The molecule has 0 aromatic heterocycles. The number of benzene rings is 1. The molecule has 1 saturated heterocycles. The molecule has 0 saturated carbocycles. The van der Waals surface area contributed by atoms with Crippen molar-refractivity contribution in [2.24, 2.45) is 5.92 Å². The summed E-state index contributed by atoms with van der Waals surface area (Å²) in [6.07, 6.45) is 4.84. The van der Waals surface area contributed by atoms with Crippen LogP contribution in [0.5, 0.6) is 11.5 Å². The summed E-state index contributed by atoms with van der Waals surface area (Å²) in [6, 6.07) is 7.41. The molecule has 4 nitrogen and oxygen atoms in total. The maximum Gasteiger partial charge on any atom is 0.311 e. The van der Waals surface area contributed by atoms with E-state index < -0.39 is 0 Å². The van der Waals surface area contributed by atoms with Gasteiger partial charge in [0.05, 0.1) is 0 Å². The summed E-state index contributed by atoms with van der Waals surface area (Å²) in [7, 11) is 2.17. The second-order valence-corrected chi connectivity index (χ2v) is 6.59. The number of rotatable bonds is 6. The molecule has 2 atom stereocenters. The first-order chi connectivity index (χ1) is 11.1. The summed E-state index contributed by atoms with van der Waals surface area (Å²) >= 11 is 0. The number of ether oxygens (including phenoxy) is 2. The van der Waals surface area contributed by atoms with Crippen molar-refractivity contribution >= 4 is 5.97 Å². The van der Waals surface area contributed by atoms with Crippen molar-refractivity contribution in [2.75, 3.05) is 20.1 Å². The van der Waals surface area contributed by atoms with E-state index in [2.05, 4.69) is 25.8 Å². The summed E-state index contributed by atoms with van der Waals surface area (Å²) in [6.45, 7) is 6.51. The van der Waals surface area contributed by atoms with Crippen LogP contribution < -0.4 is 9.47 Å². The fourth-order valence-corrected chi connectivity index (χ4v) is 2.99. The van der Waals surface area contributed by atoms with Crippen LogP contribution in [-0.2, 0) is 4.79 Å². The number of hydrogen-bond acceptors (Lipinski definition) is 4. The molecule has 1 aliphatic heterocycles. The zero-order valence-electron chi connectivity index (χ0n) is 14.6. The van der Waals surface area contributed by atoms with Gasteiger partial charge in [0.2, 0.25) is 0 Å². The van der Waals surface area contributed by atoms with Gasteiger partial charge in [0, 0.05) is 18.9 Å². The summed E-state index contributed by atoms with van der Waals surface area (Å²) in [5.74, 6) is 1.78. The summed E-state index contributed by atoms with van der Waals surface area (Å²) in [5.41, 5.74) is 0. The molecule has 0 aliphatic carbocycles. The maximum atomic E-state index is 11.6. The minimum atomic E-state index is -0.166. The van der Waals surface area contributed by atoms with E-state index in [0.717, 1.165) is 38.1 Å². The molecule has 23 heavy (non-hydrogen) atoms. The average molecular weight is 319 g/mol. The van der Waals surface area contributed by atoms with Gasteiger partial charge in [-0.1, -0.05) is 20.3 Å². The Kier molecular flexibility index (Phi) is 6.90. The highest BCUT2D eigenvalue weighted by Crippen LogP contribution is 2.24. The number of likely N-dealkylation sites (tertiary alicyclic amines) is 1. The van der Waals surface area contributed by atoms with Gasteiger partial charge in [-0.15, -0.1) is 0 Å². The number of carbonyl (C=O) groups is 1. The SMILES string of the molecule is CCCCC(=O)Oc1ccc(OC2CCCN(C)CC2C)cc1. The third-order valence-electron chi connectivity index (χ3n) is 4.34. The van der Waals surface area contributed by atoms with E-state index in [1.807, 2.05) is 24.3 Å². The molecule has 0 radical (unpaired) electrons. The second-order valence-electron chi connectivity index (χ2n) is 6.59. The fraction of sp³-hybridized carbons (Fsp3) is 0.632. The van der Waals surface area contributed by atoms with Gasteiger partial charge in [-0.25, -0.2) is 0 Å². The summed E-state index contributed by atoms with van der Waals surface area (Å²) in [5, 5.41) is 0. The second kappa shape index (κ2) is 8.92. The molecule has 0 spiro atoms. The minimum absolute atomic E-state index is 0.166. The van der Waals surface area contributed by atoms with Gasteiger partial charge in [0.25, 0.3) is 0 Å². The lowest BCUT2D eigenvalue weighted by Gasteiger charge is -2.24. The monoisotopic (exact) mass is 319 g/mol. The van der Waals surface area contributed by atoms with Crippen LogP contribution in [0.2, 0.25) is 0 Å². The topological polar surface area (TPSA) is 38.8 Å². The Morgan fingerprint density at radius 1 is 1.26 bits per heavy atom. The fourth-order valence-electron chi connectivity index (χ4n) is 2.99. The smallest absolute Gasteiger partial charge is 0.311 e. The van der Waals surface area contributed by atoms with E-state index in [0.29, 0.717) is 18.1 Å². The van der Waals surface area contributed by atoms with Crippen molar-refractivity contribution in [1.82, 2.24) is 4.90 Å². The Morgan fingerprint density at radius 3 is 2.65 bits per heavy atom. The van der Waals surface area contributed by atoms with Crippen LogP contribution in [0.25, 0.3) is 0 Å². The van der Waals surface area contributed by atoms with Crippen LogP contribution in [0.4, 0.5) is 0 Å². The van der Waals surface area contributed by atoms with Gasteiger partial charge in [-0.3, -0.25) is 4.79 Å². The van der Waals surface area contributed by atoms with Gasteiger partial charge >= 0.3 is 5.97 Å². The van der Waals surface area contributed by atoms with Gasteiger partial charge in [0.15, 0.2) is 0 Å².